The molecule has 0 saturated carbocycles. The lowest BCUT2D eigenvalue weighted by Gasteiger charge is -2.13. The van der Waals surface area contributed by atoms with Crippen molar-refractivity contribution in [2.75, 3.05) is 26.9 Å². The van der Waals surface area contributed by atoms with Gasteiger partial charge in [-0.3, -0.25) is 0 Å². The Kier molecular flexibility index (Phi) is 6.15. The summed E-state index contributed by atoms with van der Waals surface area (Å²) in [6, 6.07) is 0.462. The summed E-state index contributed by atoms with van der Waals surface area (Å²) < 4.78 is 10.6. The Morgan fingerprint density at radius 2 is 2.43 bits per heavy atom. The molecule has 1 saturated heterocycles. The van der Waals surface area contributed by atoms with Crippen molar-refractivity contribution < 1.29 is 9.47 Å². The highest BCUT2D eigenvalue weighted by atomic mass is 16.5. The van der Waals surface area contributed by atoms with Gasteiger partial charge in [0, 0.05) is 19.8 Å². The maximum absolute atomic E-state index is 5.56. The van der Waals surface area contributed by atoms with Crippen LogP contribution in [0.25, 0.3) is 0 Å². The Hall–Kier alpha value is -0.120. The van der Waals surface area contributed by atoms with Gasteiger partial charge in [0.1, 0.15) is 0 Å². The molecule has 0 bridgehead atoms. The van der Waals surface area contributed by atoms with Crippen LogP contribution in [0, 0.1) is 0 Å². The molecule has 0 aliphatic carbocycles. The van der Waals surface area contributed by atoms with E-state index < -0.39 is 0 Å². The van der Waals surface area contributed by atoms with Crippen molar-refractivity contribution in [3.05, 3.63) is 0 Å². The summed E-state index contributed by atoms with van der Waals surface area (Å²) in [5, 5.41) is 3.43. The van der Waals surface area contributed by atoms with Gasteiger partial charge < -0.3 is 14.8 Å². The quantitative estimate of drug-likeness (QED) is 0.634. The maximum Gasteiger partial charge on any atom is 0.0613 e. The van der Waals surface area contributed by atoms with Crippen LogP contribution in [0.1, 0.15) is 32.6 Å². The second kappa shape index (κ2) is 7.21. The molecule has 1 aliphatic rings. The van der Waals surface area contributed by atoms with E-state index in [2.05, 4.69) is 12.2 Å². The number of hydrogen-bond acceptors (Lipinski definition) is 3. The third-order valence-corrected chi connectivity index (χ3v) is 2.64. The number of hydrogen-bond donors (Lipinski definition) is 1. The standard InChI is InChI=1S/C11H23NO2/c1-10(9-13-2)12-7-3-5-11-6-4-8-14-11/h10-12H,3-9H2,1-2H3. The summed E-state index contributed by atoms with van der Waals surface area (Å²) in [5.74, 6) is 0. The van der Waals surface area contributed by atoms with E-state index in [1.807, 2.05) is 0 Å². The van der Waals surface area contributed by atoms with Gasteiger partial charge in [0.2, 0.25) is 0 Å². The number of nitrogens with one attached hydrogen (secondary N) is 1. The molecular weight excluding hydrogens is 178 g/mol. The molecule has 1 N–H and O–H groups in total. The largest absolute Gasteiger partial charge is 0.383 e. The van der Waals surface area contributed by atoms with Gasteiger partial charge in [-0.25, -0.2) is 0 Å². The fraction of sp³-hybridized carbons (Fsp3) is 1.00. The average Bonchev–Trinajstić information content (AvgIpc) is 2.65. The van der Waals surface area contributed by atoms with Crippen molar-refractivity contribution in [3.63, 3.8) is 0 Å². The summed E-state index contributed by atoms with van der Waals surface area (Å²) in [5.41, 5.74) is 0. The number of ether oxygens (including phenoxy) is 2. The molecule has 0 spiro atoms. The number of methoxy groups -OCH3 is 1. The van der Waals surface area contributed by atoms with E-state index in [-0.39, 0.29) is 0 Å². The Morgan fingerprint density at radius 3 is 3.07 bits per heavy atom. The Bertz CT molecular complexity index is 135. The van der Waals surface area contributed by atoms with Gasteiger partial charge in [0.15, 0.2) is 0 Å². The first kappa shape index (κ1) is 12.0. The summed E-state index contributed by atoms with van der Waals surface area (Å²) >= 11 is 0. The van der Waals surface area contributed by atoms with Crippen LogP contribution in [0.3, 0.4) is 0 Å². The zero-order valence-electron chi connectivity index (χ0n) is 9.42. The van der Waals surface area contributed by atoms with Crippen molar-refractivity contribution in [1.29, 1.82) is 0 Å². The van der Waals surface area contributed by atoms with E-state index in [9.17, 15) is 0 Å². The molecule has 3 heteroatoms. The molecule has 1 heterocycles. The highest BCUT2D eigenvalue weighted by Crippen LogP contribution is 2.16. The topological polar surface area (TPSA) is 30.5 Å². The van der Waals surface area contributed by atoms with E-state index >= 15 is 0 Å². The summed E-state index contributed by atoms with van der Waals surface area (Å²) in [4.78, 5) is 0. The Labute approximate surface area is 87.2 Å². The minimum atomic E-state index is 0.462. The molecule has 0 radical (unpaired) electrons. The van der Waals surface area contributed by atoms with Crippen LogP contribution in [-0.2, 0) is 9.47 Å². The fourth-order valence-corrected chi connectivity index (χ4v) is 1.86. The molecule has 14 heavy (non-hydrogen) atoms. The second-order valence-corrected chi connectivity index (χ2v) is 4.09. The third kappa shape index (κ3) is 4.94. The van der Waals surface area contributed by atoms with E-state index in [1.54, 1.807) is 7.11 Å². The molecule has 2 unspecified atom stereocenters. The zero-order valence-corrected chi connectivity index (χ0v) is 9.42. The maximum atomic E-state index is 5.56. The molecule has 1 fully saturated rings. The minimum absolute atomic E-state index is 0.462. The highest BCUT2D eigenvalue weighted by Gasteiger charge is 2.14. The molecular formula is C11H23NO2. The van der Waals surface area contributed by atoms with Gasteiger partial charge >= 0.3 is 0 Å². The lowest BCUT2D eigenvalue weighted by atomic mass is 10.1. The van der Waals surface area contributed by atoms with Crippen LogP contribution >= 0.6 is 0 Å². The SMILES string of the molecule is COCC(C)NCCCC1CCCO1. The predicted octanol–water partition coefficient (Wildman–Crippen LogP) is 1.57. The molecule has 0 aromatic heterocycles. The van der Waals surface area contributed by atoms with Crippen LogP contribution in [-0.4, -0.2) is 39.0 Å². The smallest absolute Gasteiger partial charge is 0.0613 e. The average molecular weight is 201 g/mol. The van der Waals surface area contributed by atoms with Crippen LogP contribution < -0.4 is 5.32 Å². The molecule has 0 aromatic carbocycles. The predicted molar refractivity (Wildman–Crippen MR) is 57.5 cm³/mol. The van der Waals surface area contributed by atoms with E-state index in [1.165, 1.54) is 25.7 Å². The monoisotopic (exact) mass is 201 g/mol. The van der Waals surface area contributed by atoms with Gasteiger partial charge in [-0.1, -0.05) is 0 Å². The number of rotatable bonds is 7. The molecule has 84 valence electrons. The third-order valence-electron chi connectivity index (χ3n) is 2.64. The lowest BCUT2D eigenvalue weighted by molar-refractivity contribution is 0.102. The normalized spacial score (nSPS) is 24.0. The van der Waals surface area contributed by atoms with Gasteiger partial charge in [-0.15, -0.1) is 0 Å². The Morgan fingerprint density at radius 1 is 1.57 bits per heavy atom. The van der Waals surface area contributed by atoms with Crippen molar-refractivity contribution >= 4 is 0 Å². The summed E-state index contributed by atoms with van der Waals surface area (Å²) in [6.45, 7) is 4.98. The van der Waals surface area contributed by atoms with Gasteiger partial charge in [0.05, 0.1) is 12.7 Å². The van der Waals surface area contributed by atoms with Crippen LogP contribution in [0.4, 0.5) is 0 Å². The summed E-state index contributed by atoms with van der Waals surface area (Å²) in [6.07, 6.45) is 5.45. The van der Waals surface area contributed by atoms with Gasteiger partial charge in [-0.05, 0) is 39.2 Å². The molecule has 0 aromatic rings. The van der Waals surface area contributed by atoms with E-state index in [4.69, 9.17) is 9.47 Å². The lowest BCUT2D eigenvalue weighted by Crippen LogP contribution is -2.31. The minimum Gasteiger partial charge on any atom is -0.383 e. The van der Waals surface area contributed by atoms with Crippen LogP contribution in [0.2, 0.25) is 0 Å². The Balaban J connectivity index is 1.88. The fourth-order valence-electron chi connectivity index (χ4n) is 1.86. The van der Waals surface area contributed by atoms with Crippen LogP contribution in [0.5, 0.6) is 0 Å². The van der Waals surface area contributed by atoms with Crippen molar-refractivity contribution in [1.82, 2.24) is 5.32 Å². The molecule has 1 aliphatic heterocycles. The van der Waals surface area contributed by atoms with Crippen molar-refractivity contribution in [2.45, 2.75) is 44.8 Å². The first-order valence-corrected chi connectivity index (χ1v) is 5.67. The summed E-state index contributed by atoms with van der Waals surface area (Å²) in [7, 11) is 1.74. The van der Waals surface area contributed by atoms with Gasteiger partial charge in [-0.2, -0.15) is 0 Å². The van der Waals surface area contributed by atoms with E-state index in [0.717, 1.165) is 19.8 Å². The second-order valence-electron chi connectivity index (χ2n) is 4.09. The molecule has 3 nitrogen and oxygen atoms in total. The van der Waals surface area contributed by atoms with Crippen molar-refractivity contribution in [3.8, 4) is 0 Å². The van der Waals surface area contributed by atoms with Gasteiger partial charge in [0.25, 0.3) is 0 Å². The zero-order chi connectivity index (χ0) is 10.2. The first-order valence-electron chi connectivity index (χ1n) is 5.67. The molecule has 1 rings (SSSR count). The molecule has 2 atom stereocenters. The van der Waals surface area contributed by atoms with Crippen LogP contribution in [0.15, 0.2) is 0 Å². The molecule has 0 amide bonds. The highest BCUT2D eigenvalue weighted by molar-refractivity contribution is 4.66. The van der Waals surface area contributed by atoms with Crippen molar-refractivity contribution in [2.24, 2.45) is 0 Å². The van der Waals surface area contributed by atoms with E-state index in [0.29, 0.717) is 12.1 Å². The first-order chi connectivity index (χ1) is 6.83.